The van der Waals surface area contributed by atoms with Gasteiger partial charge in [0.05, 0.1) is 18.1 Å². The summed E-state index contributed by atoms with van der Waals surface area (Å²) in [4.78, 5) is 32.1. The molecule has 2 amide bonds. The molecule has 3 aromatic rings. The van der Waals surface area contributed by atoms with Gasteiger partial charge in [-0.15, -0.1) is 0 Å². The first kappa shape index (κ1) is 21.4. The van der Waals surface area contributed by atoms with Gasteiger partial charge < -0.3 is 14.4 Å². The fourth-order valence-electron chi connectivity index (χ4n) is 4.64. The molecule has 2 aliphatic rings. The number of hydroxylamine groups is 1. The Hall–Kier alpha value is -3.49. The second-order valence-electron chi connectivity index (χ2n) is 8.37. The number of fused-ring (bicyclic) bond motifs is 2. The van der Waals surface area contributed by atoms with E-state index < -0.39 is 5.91 Å². The molecule has 0 radical (unpaired) electrons. The normalized spacial score (nSPS) is 18.8. The van der Waals surface area contributed by atoms with Crippen molar-refractivity contribution in [3.8, 4) is 5.75 Å². The van der Waals surface area contributed by atoms with Gasteiger partial charge in [0.2, 0.25) is 5.91 Å². The molecule has 0 spiro atoms. The molecule has 1 saturated heterocycles. The van der Waals surface area contributed by atoms with Crippen molar-refractivity contribution in [2.24, 2.45) is 5.92 Å². The Kier molecular flexibility index (Phi) is 5.93. The summed E-state index contributed by atoms with van der Waals surface area (Å²) in [6, 6.07) is 14.5. The highest BCUT2D eigenvalue weighted by Gasteiger charge is 2.35. The van der Waals surface area contributed by atoms with E-state index in [0.717, 1.165) is 22.0 Å². The summed E-state index contributed by atoms with van der Waals surface area (Å²) in [5.41, 5.74) is 4.50. The number of carbonyl (C=O) groups is 2. The van der Waals surface area contributed by atoms with E-state index in [2.05, 4.69) is 4.98 Å². The number of hydrogen-bond acceptors (Lipinski definition) is 6. The number of nitrogens with zero attached hydrogens (tertiary/aromatic N) is 2. The highest BCUT2D eigenvalue weighted by Crippen LogP contribution is 2.36. The molecule has 33 heavy (non-hydrogen) atoms. The number of rotatable bonds is 3. The van der Waals surface area contributed by atoms with Crippen LogP contribution in [0.5, 0.6) is 5.75 Å². The van der Waals surface area contributed by atoms with Crippen molar-refractivity contribution in [3.05, 3.63) is 71.4 Å². The third kappa shape index (κ3) is 4.15. The van der Waals surface area contributed by atoms with Crippen LogP contribution in [0.4, 0.5) is 0 Å². The van der Waals surface area contributed by atoms with Gasteiger partial charge in [-0.3, -0.25) is 19.8 Å². The first-order valence-corrected chi connectivity index (χ1v) is 11.1. The predicted molar refractivity (Wildman–Crippen MR) is 120 cm³/mol. The van der Waals surface area contributed by atoms with E-state index in [9.17, 15) is 9.59 Å². The minimum atomic E-state index is -0.615. The second kappa shape index (κ2) is 9.17. The Bertz CT molecular complexity index is 1190. The maximum Gasteiger partial charge on any atom is 0.274 e. The van der Waals surface area contributed by atoms with Gasteiger partial charge in [0, 0.05) is 47.4 Å². The lowest BCUT2D eigenvalue weighted by Crippen LogP contribution is -2.41. The SMILES string of the molecule is O=C(NO)c1ccc2c(c1)OCC(c1cccc3cccnc13)N(C(=O)C1CCOCC1)C2. The fraction of sp³-hybridized carbons (Fsp3) is 0.320. The zero-order valence-electron chi connectivity index (χ0n) is 18.1. The van der Waals surface area contributed by atoms with Crippen molar-refractivity contribution in [2.45, 2.75) is 25.4 Å². The molecular formula is C25H25N3O5. The summed E-state index contributed by atoms with van der Waals surface area (Å²) in [6.07, 6.45) is 3.14. The molecular weight excluding hydrogens is 422 g/mol. The van der Waals surface area contributed by atoms with E-state index in [4.69, 9.17) is 14.7 Å². The molecule has 0 saturated carbocycles. The standard InChI is InChI=1S/C25H25N3O5/c29-24(27-31)18-6-7-19-14-28(25(30)17-8-11-32-12-9-17)21(15-33-22(19)13-18)20-5-1-3-16-4-2-10-26-23(16)20/h1-7,10,13,17,21,31H,8-9,11-12,14-15H2,(H,27,29). The third-order valence-corrected chi connectivity index (χ3v) is 6.42. The monoisotopic (exact) mass is 447 g/mol. The third-order valence-electron chi connectivity index (χ3n) is 6.42. The maximum absolute atomic E-state index is 13.8. The summed E-state index contributed by atoms with van der Waals surface area (Å²) in [5.74, 6) is -0.123. The van der Waals surface area contributed by atoms with Crippen molar-refractivity contribution >= 4 is 22.7 Å². The smallest absolute Gasteiger partial charge is 0.274 e. The number of carbonyl (C=O) groups excluding carboxylic acids is 2. The Morgan fingerprint density at radius 1 is 1.09 bits per heavy atom. The molecule has 2 aromatic carbocycles. The van der Waals surface area contributed by atoms with Crippen LogP contribution in [0.25, 0.3) is 10.9 Å². The molecule has 1 fully saturated rings. The molecule has 1 atom stereocenters. The molecule has 2 aliphatic heterocycles. The van der Waals surface area contributed by atoms with Crippen LogP contribution < -0.4 is 10.2 Å². The van der Waals surface area contributed by atoms with Gasteiger partial charge in [-0.25, -0.2) is 5.48 Å². The molecule has 8 heteroatoms. The highest BCUT2D eigenvalue weighted by atomic mass is 16.5. The van der Waals surface area contributed by atoms with Crippen LogP contribution in [-0.4, -0.2) is 46.7 Å². The average molecular weight is 447 g/mol. The van der Waals surface area contributed by atoms with Crippen molar-refractivity contribution in [2.75, 3.05) is 19.8 Å². The number of nitrogens with one attached hydrogen (secondary N) is 1. The van der Waals surface area contributed by atoms with E-state index in [0.29, 0.717) is 38.3 Å². The zero-order valence-corrected chi connectivity index (χ0v) is 18.1. The van der Waals surface area contributed by atoms with Crippen LogP contribution >= 0.6 is 0 Å². The number of benzene rings is 2. The van der Waals surface area contributed by atoms with Gasteiger partial charge >= 0.3 is 0 Å². The van der Waals surface area contributed by atoms with E-state index >= 15 is 0 Å². The first-order chi connectivity index (χ1) is 16.2. The van der Waals surface area contributed by atoms with Crippen LogP contribution in [0.2, 0.25) is 0 Å². The lowest BCUT2D eigenvalue weighted by Gasteiger charge is -2.34. The van der Waals surface area contributed by atoms with Gasteiger partial charge in [0.1, 0.15) is 12.4 Å². The van der Waals surface area contributed by atoms with Gasteiger partial charge in [-0.1, -0.05) is 30.3 Å². The molecule has 5 rings (SSSR count). The number of para-hydroxylation sites is 1. The van der Waals surface area contributed by atoms with Crippen LogP contribution in [0, 0.1) is 5.92 Å². The quantitative estimate of drug-likeness (QED) is 0.472. The zero-order chi connectivity index (χ0) is 22.8. The molecule has 0 bridgehead atoms. The van der Waals surface area contributed by atoms with E-state index in [-0.39, 0.29) is 30.0 Å². The molecule has 2 N–H and O–H groups in total. The molecule has 1 aromatic heterocycles. The van der Waals surface area contributed by atoms with Gasteiger partial charge in [-0.05, 0) is 31.0 Å². The Morgan fingerprint density at radius 2 is 1.91 bits per heavy atom. The number of ether oxygens (including phenoxy) is 2. The van der Waals surface area contributed by atoms with Crippen LogP contribution in [0.3, 0.4) is 0 Å². The predicted octanol–water partition coefficient (Wildman–Crippen LogP) is 3.24. The van der Waals surface area contributed by atoms with Crippen molar-refractivity contribution in [1.82, 2.24) is 15.4 Å². The van der Waals surface area contributed by atoms with Gasteiger partial charge in [0.15, 0.2) is 0 Å². The Balaban J connectivity index is 1.57. The van der Waals surface area contributed by atoms with Crippen molar-refractivity contribution < 1.29 is 24.3 Å². The molecule has 1 unspecified atom stereocenters. The molecule has 170 valence electrons. The van der Waals surface area contributed by atoms with Crippen LogP contribution in [0.1, 0.15) is 40.4 Å². The minimum absolute atomic E-state index is 0.0739. The average Bonchev–Trinajstić information content (AvgIpc) is 3.07. The topological polar surface area (TPSA) is 101 Å². The van der Waals surface area contributed by atoms with Crippen LogP contribution in [-0.2, 0) is 16.1 Å². The Morgan fingerprint density at radius 3 is 2.73 bits per heavy atom. The summed E-state index contributed by atoms with van der Waals surface area (Å²) in [5, 5.41) is 9.99. The lowest BCUT2D eigenvalue weighted by molar-refractivity contribution is -0.142. The number of amides is 2. The first-order valence-electron chi connectivity index (χ1n) is 11.1. The summed E-state index contributed by atoms with van der Waals surface area (Å²) in [7, 11) is 0. The lowest BCUT2D eigenvalue weighted by atomic mass is 9.95. The van der Waals surface area contributed by atoms with E-state index in [1.54, 1.807) is 29.9 Å². The summed E-state index contributed by atoms with van der Waals surface area (Å²) in [6.45, 7) is 1.73. The minimum Gasteiger partial charge on any atom is -0.491 e. The largest absolute Gasteiger partial charge is 0.491 e. The molecule has 8 nitrogen and oxygen atoms in total. The van der Waals surface area contributed by atoms with Crippen molar-refractivity contribution in [3.63, 3.8) is 0 Å². The van der Waals surface area contributed by atoms with Gasteiger partial charge in [0.25, 0.3) is 5.91 Å². The Labute approximate surface area is 191 Å². The number of hydrogen-bond donors (Lipinski definition) is 2. The molecule has 3 heterocycles. The van der Waals surface area contributed by atoms with Crippen LogP contribution in [0.15, 0.2) is 54.7 Å². The van der Waals surface area contributed by atoms with E-state index in [1.165, 1.54) is 0 Å². The summed E-state index contributed by atoms with van der Waals surface area (Å²) < 4.78 is 11.6. The number of pyridine rings is 1. The summed E-state index contributed by atoms with van der Waals surface area (Å²) >= 11 is 0. The maximum atomic E-state index is 13.8. The highest BCUT2D eigenvalue weighted by molar-refractivity contribution is 5.94. The number of aromatic nitrogens is 1. The van der Waals surface area contributed by atoms with E-state index in [1.807, 2.05) is 35.2 Å². The molecule has 0 aliphatic carbocycles. The van der Waals surface area contributed by atoms with Gasteiger partial charge in [-0.2, -0.15) is 0 Å². The fourth-order valence-corrected chi connectivity index (χ4v) is 4.64. The van der Waals surface area contributed by atoms with Crippen molar-refractivity contribution in [1.29, 1.82) is 0 Å². The second-order valence-corrected chi connectivity index (χ2v) is 8.37.